The van der Waals surface area contributed by atoms with Crippen molar-refractivity contribution in [1.29, 1.82) is 0 Å². The van der Waals surface area contributed by atoms with Crippen LogP contribution in [-0.4, -0.2) is 22.3 Å². The second-order valence-corrected chi connectivity index (χ2v) is 3.42. The fourth-order valence-corrected chi connectivity index (χ4v) is 1.38. The number of nitrogens with one attached hydrogen (secondary N) is 2. The number of para-hydroxylation sites is 2. The van der Waals surface area contributed by atoms with Crippen LogP contribution in [0.5, 0.6) is 5.75 Å². The summed E-state index contributed by atoms with van der Waals surface area (Å²) in [6, 6.07) is 9.41. The Morgan fingerprint density at radius 3 is 2.65 bits per heavy atom. The van der Waals surface area contributed by atoms with E-state index in [1.54, 1.807) is 18.2 Å². The largest absolute Gasteiger partial charge is 0.506 e. The smallest absolute Gasteiger partial charge is 0.272 e. The number of phenols is 1. The number of benzene rings is 1. The van der Waals surface area contributed by atoms with Crippen LogP contribution in [0.1, 0.15) is 21.0 Å². The molecule has 0 fully saturated rings. The minimum Gasteiger partial charge on any atom is -0.506 e. The minimum absolute atomic E-state index is 0.0111. The van der Waals surface area contributed by atoms with Gasteiger partial charge in [-0.25, -0.2) is 0 Å². The lowest BCUT2D eigenvalue weighted by Crippen LogP contribution is -2.12. The van der Waals surface area contributed by atoms with E-state index in [1.807, 2.05) is 0 Å². The second kappa shape index (κ2) is 4.52. The van der Waals surface area contributed by atoms with E-state index in [0.29, 0.717) is 17.7 Å². The Labute approximate surface area is 97.1 Å². The zero-order valence-corrected chi connectivity index (χ0v) is 8.81. The van der Waals surface area contributed by atoms with Crippen molar-refractivity contribution in [3.63, 3.8) is 0 Å². The van der Waals surface area contributed by atoms with Gasteiger partial charge in [0.2, 0.25) is 0 Å². The summed E-state index contributed by atoms with van der Waals surface area (Å²) in [6.07, 6.45) is 0.622. The van der Waals surface area contributed by atoms with Crippen molar-refractivity contribution in [2.45, 2.75) is 0 Å². The van der Waals surface area contributed by atoms with E-state index in [4.69, 9.17) is 0 Å². The van der Waals surface area contributed by atoms with E-state index in [1.165, 1.54) is 18.2 Å². The predicted octanol–water partition coefficient (Wildman–Crippen LogP) is 1.79. The Morgan fingerprint density at radius 1 is 1.24 bits per heavy atom. The summed E-state index contributed by atoms with van der Waals surface area (Å²) in [5.74, 6) is -0.428. The van der Waals surface area contributed by atoms with Crippen LogP contribution in [0.15, 0.2) is 36.4 Å². The number of aldehydes is 1. The first-order valence-electron chi connectivity index (χ1n) is 4.94. The summed E-state index contributed by atoms with van der Waals surface area (Å²) in [4.78, 5) is 24.8. The van der Waals surface area contributed by atoms with Crippen LogP contribution < -0.4 is 5.32 Å². The van der Waals surface area contributed by atoms with Crippen LogP contribution >= 0.6 is 0 Å². The van der Waals surface area contributed by atoms with Crippen LogP contribution in [0.3, 0.4) is 0 Å². The Hall–Kier alpha value is -2.56. The normalized spacial score (nSPS) is 9.88. The highest BCUT2D eigenvalue weighted by atomic mass is 16.3. The quantitative estimate of drug-likeness (QED) is 0.555. The fourth-order valence-electron chi connectivity index (χ4n) is 1.38. The molecular weight excluding hydrogens is 220 g/mol. The van der Waals surface area contributed by atoms with E-state index in [0.717, 1.165) is 0 Å². The average molecular weight is 230 g/mol. The molecule has 1 aromatic carbocycles. The van der Waals surface area contributed by atoms with Crippen molar-refractivity contribution in [2.24, 2.45) is 0 Å². The molecule has 0 aliphatic rings. The van der Waals surface area contributed by atoms with Gasteiger partial charge >= 0.3 is 0 Å². The molecule has 0 aliphatic carbocycles. The zero-order valence-electron chi connectivity index (χ0n) is 8.81. The Kier molecular flexibility index (Phi) is 2.91. The van der Waals surface area contributed by atoms with Crippen molar-refractivity contribution in [3.8, 4) is 5.75 Å². The van der Waals surface area contributed by atoms with Gasteiger partial charge < -0.3 is 15.4 Å². The van der Waals surface area contributed by atoms with Gasteiger partial charge in [-0.15, -0.1) is 0 Å². The Bertz CT molecular complexity index is 560. The van der Waals surface area contributed by atoms with Crippen LogP contribution in [0.25, 0.3) is 0 Å². The lowest BCUT2D eigenvalue weighted by molar-refractivity contribution is 0.102. The first-order valence-corrected chi connectivity index (χ1v) is 4.94. The lowest BCUT2D eigenvalue weighted by Gasteiger charge is -2.05. The molecule has 0 aliphatic heterocycles. The fraction of sp³-hybridized carbons (Fsp3) is 0. The number of hydrogen-bond donors (Lipinski definition) is 3. The molecule has 86 valence electrons. The average Bonchev–Trinajstić information content (AvgIpc) is 2.81. The Morgan fingerprint density at radius 2 is 2.00 bits per heavy atom. The van der Waals surface area contributed by atoms with E-state index >= 15 is 0 Å². The number of phenolic OH excluding ortho intramolecular Hbond substituents is 1. The molecule has 1 amide bonds. The van der Waals surface area contributed by atoms with Crippen LogP contribution in [0, 0.1) is 0 Å². The number of H-pyrrole nitrogens is 1. The molecule has 0 radical (unpaired) electrons. The topological polar surface area (TPSA) is 82.2 Å². The van der Waals surface area contributed by atoms with E-state index in [2.05, 4.69) is 10.3 Å². The van der Waals surface area contributed by atoms with Gasteiger partial charge in [0.15, 0.2) is 6.29 Å². The maximum absolute atomic E-state index is 11.7. The molecule has 0 saturated carbocycles. The molecule has 17 heavy (non-hydrogen) atoms. The summed E-state index contributed by atoms with van der Waals surface area (Å²) < 4.78 is 0. The summed E-state index contributed by atoms with van der Waals surface area (Å²) >= 11 is 0. The van der Waals surface area contributed by atoms with Crippen molar-refractivity contribution >= 4 is 17.9 Å². The lowest BCUT2D eigenvalue weighted by atomic mass is 10.3. The summed E-state index contributed by atoms with van der Waals surface area (Å²) in [6.45, 7) is 0. The van der Waals surface area contributed by atoms with Crippen molar-refractivity contribution < 1.29 is 14.7 Å². The van der Waals surface area contributed by atoms with Gasteiger partial charge in [-0.1, -0.05) is 12.1 Å². The minimum atomic E-state index is -0.417. The molecule has 5 nitrogen and oxygen atoms in total. The molecule has 0 bridgehead atoms. The van der Waals surface area contributed by atoms with Crippen LogP contribution in [0.2, 0.25) is 0 Å². The van der Waals surface area contributed by atoms with Gasteiger partial charge in [-0.3, -0.25) is 9.59 Å². The molecule has 0 atom stereocenters. The molecular formula is C12H10N2O3. The third-order valence-electron chi connectivity index (χ3n) is 2.23. The number of aromatic hydroxyl groups is 1. The molecule has 5 heteroatoms. The molecule has 0 saturated heterocycles. The number of anilines is 1. The summed E-state index contributed by atoms with van der Waals surface area (Å²) in [7, 11) is 0. The zero-order chi connectivity index (χ0) is 12.3. The van der Waals surface area contributed by atoms with Crippen molar-refractivity contribution in [3.05, 3.63) is 47.8 Å². The third-order valence-corrected chi connectivity index (χ3v) is 2.23. The molecule has 3 N–H and O–H groups in total. The maximum atomic E-state index is 11.7. The Balaban J connectivity index is 2.17. The first kappa shape index (κ1) is 10.9. The maximum Gasteiger partial charge on any atom is 0.272 e. The second-order valence-electron chi connectivity index (χ2n) is 3.42. The van der Waals surface area contributed by atoms with E-state index in [9.17, 15) is 14.7 Å². The van der Waals surface area contributed by atoms with Gasteiger partial charge in [-0.2, -0.15) is 0 Å². The highest BCUT2D eigenvalue weighted by molar-refractivity contribution is 6.04. The molecule has 0 spiro atoms. The van der Waals surface area contributed by atoms with Gasteiger partial charge in [0.25, 0.3) is 5.91 Å². The number of amides is 1. The molecule has 2 aromatic rings. The van der Waals surface area contributed by atoms with Crippen LogP contribution in [0.4, 0.5) is 5.69 Å². The van der Waals surface area contributed by atoms with Gasteiger partial charge in [-0.05, 0) is 24.3 Å². The number of aromatic amines is 1. The van der Waals surface area contributed by atoms with Gasteiger partial charge in [0.1, 0.15) is 11.4 Å². The number of aromatic nitrogens is 1. The number of rotatable bonds is 3. The third kappa shape index (κ3) is 2.34. The van der Waals surface area contributed by atoms with Gasteiger partial charge in [0, 0.05) is 0 Å². The van der Waals surface area contributed by atoms with Gasteiger partial charge in [0.05, 0.1) is 11.4 Å². The number of carbonyl (C=O) groups excluding carboxylic acids is 2. The molecule has 1 heterocycles. The number of carbonyl (C=O) groups is 2. The standard InChI is InChI=1S/C12H10N2O3/c15-7-8-5-6-10(13-8)12(17)14-9-3-1-2-4-11(9)16/h1-7,13,16H,(H,14,17). The SMILES string of the molecule is O=Cc1ccc(C(=O)Nc2ccccc2O)[nH]1. The van der Waals surface area contributed by atoms with Crippen molar-refractivity contribution in [2.75, 3.05) is 5.32 Å². The first-order chi connectivity index (χ1) is 8.20. The molecule has 0 unspecified atom stereocenters. The highest BCUT2D eigenvalue weighted by Gasteiger charge is 2.10. The summed E-state index contributed by atoms with van der Waals surface area (Å²) in [5.41, 5.74) is 0.905. The van der Waals surface area contributed by atoms with Crippen LogP contribution in [-0.2, 0) is 0 Å². The van der Waals surface area contributed by atoms with Crippen molar-refractivity contribution in [1.82, 2.24) is 4.98 Å². The highest BCUT2D eigenvalue weighted by Crippen LogP contribution is 2.21. The predicted molar refractivity (Wildman–Crippen MR) is 62.2 cm³/mol. The monoisotopic (exact) mass is 230 g/mol. The molecule has 2 rings (SSSR count). The van der Waals surface area contributed by atoms with E-state index in [-0.39, 0.29) is 11.4 Å². The number of hydrogen-bond acceptors (Lipinski definition) is 3. The summed E-state index contributed by atoms with van der Waals surface area (Å²) in [5, 5.41) is 12.0. The van der Waals surface area contributed by atoms with E-state index < -0.39 is 5.91 Å². The molecule has 1 aromatic heterocycles.